The third-order valence-electron chi connectivity index (χ3n) is 8.52. The van der Waals surface area contributed by atoms with E-state index in [1.807, 2.05) is 45.0 Å². The molecule has 0 spiro atoms. The first kappa shape index (κ1) is 34.8. The number of halogens is 2. The second-order valence-electron chi connectivity index (χ2n) is 14.0. The number of ether oxygens (including phenoxy) is 2. The number of aromatic nitrogens is 2. The highest BCUT2D eigenvalue weighted by Crippen LogP contribution is 2.47. The summed E-state index contributed by atoms with van der Waals surface area (Å²) in [5, 5.41) is 13.7. The van der Waals surface area contributed by atoms with Crippen LogP contribution in [-0.2, 0) is 16.0 Å². The minimum absolute atomic E-state index is 0.125. The second kappa shape index (κ2) is 14.3. The Balaban J connectivity index is 1.63. The van der Waals surface area contributed by atoms with Gasteiger partial charge in [-0.05, 0) is 93.5 Å². The Morgan fingerprint density at radius 1 is 1.04 bits per heavy atom. The first-order valence-corrected chi connectivity index (χ1v) is 16.3. The van der Waals surface area contributed by atoms with E-state index in [9.17, 15) is 18.7 Å². The third-order valence-corrected chi connectivity index (χ3v) is 8.52. The second-order valence-corrected chi connectivity index (χ2v) is 14.0. The van der Waals surface area contributed by atoms with E-state index < -0.39 is 23.6 Å². The van der Waals surface area contributed by atoms with Crippen LogP contribution in [0.4, 0.5) is 26.0 Å². The van der Waals surface area contributed by atoms with Gasteiger partial charge in [0, 0.05) is 42.5 Å². The minimum Gasteiger partial charge on any atom is -0.493 e. The van der Waals surface area contributed by atoms with Gasteiger partial charge in [0.1, 0.15) is 17.4 Å². The zero-order valence-corrected chi connectivity index (χ0v) is 28.4. The zero-order valence-electron chi connectivity index (χ0n) is 28.4. The van der Waals surface area contributed by atoms with Crippen LogP contribution in [0.1, 0.15) is 70.4 Å². The van der Waals surface area contributed by atoms with Crippen molar-refractivity contribution in [2.75, 3.05) is 29.9 Å². The van der Waals surface area contributed by atoms with Crippen LogP contribution in [-0.4, -0.2) is 46.3 Å². The Morgan fingerprint density at radius 2 is 1.71 bits per heavy atom. The fourth-order valence-electron chi connectivity index (χ4n) is 5.89. The number of carboxylic acids is 1. The molecule has 8 nitrogen and oxygen atoms in total. The molecule has 0 aliphatic carbocycles. The molecule has 1 unspecified atom stereocenters. The number of aryl methyl sites for hydroxylation is 1. The molecule has 2 N–H and O–H groups in total. The van der Waals surface area contributed by atoms with E-state index >= 15 is 0 Å². The fourth-order valence-corrected chi connectivity index (χ4v) is 5.89. The summed E-state index contributed by atoms with van der Waals surface area (Å²) >= 11 is 0. The van der Waals surface area contributed by atoms with Gasteiger partial charge < -0.3 is 24.8 Å². The number of aliphatic carboxylic acids is 1. The molecule has 1 aliphatic rings. The monoisotopic (exact) mass is 658 g/mol. The van der Waals surface area contributed by atoms with Crippen molar-refractivity contribution in [3.63, 3.8) is 0 Å². The van der Waals surface area contributed by atoms with Gasteiger partial charge in [0.25, 0.3) is 0 Å². The third kappa shape index (κ3) is 8.47. The summed E-state index contributed by atoms with van der Waals surface area (Å²) in [6, 6.07) is 17.0. The molecule has 5 rings (SSSR count). The number of nitrogens with one attached hydrogen (secondary N) is 1. The number of carboxylic acid groups (broad SMARTS) is 1. The molecule has 1 atom stereocenters. The number of benzene rings is 2. The molecular weight excluding hydrogens is 614 g/mol. The van der Waals surface area contributed by atoms with Gasteiger partial charge in [0.15, 0.2) is 6.10 Å². The molecule has 0 bridgehead atoms. The van der Waals surface area contributed by atoms with Crippen LogP contribution < -0.4 is 15.0 Å². The topological polar surface area (TPSA) is 96.8 Å². The lowest BCUT2D eigenvalue weighted by Crippen LogP contribution is -2.39. The van der Waals surface area contributed by atoms with E-state index in [1.54, 1.807) is 31.2 Å². The van der Waals surface area contributed by atoms with Crippen LogP contribution in [0.15, 0.2) is 66.9 Å². The van der Waals surface area contributed by atoms with Crippen molar-refractivity contribution in [3.05, 3.63) is 95.4 Å². The van der Waals surface area contributed by atoms with Crippen LogP contribution in [0, 0.1) is 24.1 Å². The van der Waals surface area contributed by atoms with Crippen molar-refractivity contribution in [1.82, 2.24) is 9.97 Å². The lowest BCUT2D eigenvalue weighted by atomic mass is 9.82. The van der Waals surface area contributed by atoms with Crippen molar-refractivity contribution in [2.45, 2.75) is 72.5 Å². The molecule has 0 amide bonds. The number of hydrogen-bond acceptors (Lipinski definition) is 7. The maximum atomic E-state index is 14.9. The molecule has 3 heterocycles. The SMILES string of the molecule is Cc1nc(Nc2cccnc2F)c(-c2ccc(OCCc3ccc(F)cc3)cc2)c(N2CCC(C)(C)CC2)c1C(OC(C)(C)C)C(=O)O. The number of hydrogen-bond donors (Lipinski definition) is 2. The highest BCUT2D eigenvalue weighted by Gasteiger charge is 2.37. The molecule has 2 aromatic heterocycles. The van der Waals surface area contributed by atoms with Gasteiger partial charge in [-0.25, -0.2) is 19.2 Å². The number of carbonyl (C=O) groups is 1. The molecule has 254 valence electrons. The molecule has 0 radical (unpaired) electrons. The molecule has 10 heteroatoms. The maximum Gasteiger partial charge on any atom is 0.337 e. The normalized spacial score (nSPS) is 15.2. The lowest BCUT2D eigenvalue weighted by Gasteiger charge is -2.41. The Kier molecular flexibility index (Phi) is 10.3. The van der Waals surface area contributed by atoms with E-state index in [-0.39, 0.29) is 16.9 Å². The van der Waals surface area contributed by atoms with Crippen LogP contribution >= 0.6 is 0 Å². The molecule has 0 saturated carbocycles. The van der Waals surface area contributed by atoms with E-state index in [4.69, 9.17) is 14.5 Å². The number of piperidine rings is 1. The molecule has 48 heavy (non-hydrogen) atoms. The highest BCUT2D eigenvalue weighted by molar-refractivity contribution is 5.93. The molecule has 1 fully saturated rings. The summed E-state index contributed by atoms with van der Waals surface area (Å²) in [6.07, 6.45) is 2.47. The molecular formula is C38H44F2N4O4. The van der Waals surface area contributed by atoms with Crippen molar-refractivity contribution in [2.24, 2.45) is 5.41 Å². The lowest BCUT2D eigenvalue weighted by molar-refractivity contribution is -0.160. The van der Waals surface area contributed by atoms with Crippen molar-refractivity contribution < 1.29 is 28.2 Å². The summed E-state index contributed by atoms with van der Waals surface area (Å²) in [6.45, 7) is 13.5. The number of pyridine rings is 2. The van der Waals surface area contributed by atoms with E-state index in [2.05, 4.69) is 29.0 Å². The van der Waals surface area contributed by atoms with Crippen molar-refractivity contribution in [3.8, 4) is 16.9 Å². The van der Waals surface area contributed by atoms with Gasteiger partial charge in [0.05, 0.1) is 23.6 Å². The maximum absolute atomic E-state index is 14.9. The van der Waals surface area contributed by atoms with Crippen LogP contribution in [0.3, 0.4) is 0 Å². The highest BCUT2D eigenvalue weighted by atomic mass is 19.1. The van der Waals surface area contributed by atoms with Gasteiger partial charge in [-0.1, -0.05) is 38.1 Å². The fraction of sp³-hybridized carbons (Fsp3) is 0.395. The summed E-state index contributed by atoms with van der Waals surface area (Å²) in [7, 11) is 0. The first-order valence-electron chi connectivity index (χ1n) is 16.3. The quantitative estimate of drug-likeness (QED) is 0.155. The largest absolute Gasteiger partial charge is 0.493 e. The zero-order chi connectivity index (χ0) is 34.6. The Hall–Kier alpha value is -4.57. The molecule has 1 saturated heterocycles. The standard InChI is InChI=1S/C38H44F2N4O4/c1-24-30(33(36(45)46)48-37(2,3)4)32(44-21-18-38(5,6)19-22-44)31(35(42-24)43-29-8-7-20-41-34(29)40)26-11-15-28(16-12-26)47-23-17-25-9-13-27(39)14-10-25/h7-16,20,33H,17-19,21-23H2,1-6H3,(H,42,43)(H,45,46). The summed E-state index contributed by atoms with van der Waals surface area (Å²) < 4.78 is 40.5. The Bertz CT molecular complexity index is 1730. The van der Waals surface area contributed by atoms with Gasteiger partial charge in [-0.2, -0.15) is 4.39 Å². The first-order chi connectivity index (χ1) is 22.7. The number of nitrogens with zero attached hydrogens (tertiary/aromatic N) is 3. The van der Waals surface area contributed by atoms with Gasteiger partial charge in [-0.3, -0.25) is 0 Å². The molecule has 4 aromatic rings. The van der Waals surface area contributed by atoms with Gasteiger partial charge >= 0.3 is 5.97 Å². The molecule has 1 aliphatic heterocycles. The average Bonchev–Trinajstić information content (AvgIpc) is 3.02. The van der Waals surface area contributed by atoms with Crippen LogP contribution in [0.2, 0.25) is 0 Å². The van der Waals surface area contributed by atoms with Crippen molar-refractivity contribution >= 4 is 23.2 Å². The number of anilines is 3. The minimum atomic E-state index is -1.31. The predicted octanol–water partition coefficient (Wildman–Crippen LogP) is 8.66. The number of rotatable bonds is 11. The summed E-state index contributed by atoms with van der Waals surface area (Å²) in [5.41, 5.74) is 3.44. The Morgan fingerprint density at radius 3 is 2.31 bits per heavy atom. The Labute approximate surface area is 281 Å². The predicted molar refractivity (Wildman–Crippen MR) is 184 cm³/mol. The van der Waals surface area contributed by atoms with Crippen LogP contribution in [0.5, 0.6) is 5.75 Å². The molecule has 2 aromatic carbocycles. The summed E-state index contributed by atoms with van der Waals surface area (Å²) in [5.74, 6) is -1.08. The smallest absolute Gasteiger partial charge is 0.337 e. The van der Waals surface area contributed by atoms with Gasteiger partial charge in [-0.15, -0.1) is 0 Å². The van der Waals surface area contributed by atoms with E-state index in [0.717, 1.165) is 24.0 Å². The average molecular weight is 659 g/mol. The van der Waals surface area contributed by atoms with E-state index in [1.165, 1.54) is 18.3 Å². The van der Waals surface area contributed by atoms with Crippen LogP contribution in [0.25, 0.3) is 11.1 Å². The van der Waals surface area contributed by atoms with Gasteiger partial charge in [0.2, 0.25) is 5.95 Å². The summed E-state index contributed by atoms with van der Waals surface area (Å²) in [4.78, 5) is 23.8. The van der Waals surface area contributed by atoms with Crippen molar-refractivity contribution in [1.29, 1.82) is 0 Å². The van der Waals surface area contributed by atoms with E-state index in [0.29, 0.717) is 60.2 Å².